The summed E-state index contributed by atoms with van der Waals surface area (Å²) in [6, 6.07) is 35.1. The van der Waals surface area contributed by atoms with Gasteiger partial charge in [0.1, 0.15) is 12.7 Å². The topological polar surface area (TPSA) is 119 Å². The fraction of sp³-hybridized carbons (Fsp3) is 0.171. The van der Waals surface area contributed by atoms with E-state index < -0.39 is 42.4 Å². The molecule has 10 nitrogen and oxygen atoms in total. The number of ether oxygens (including phenoxy) is 4. The molecule has 4 aromatic carbocycles. The molecule has 5 aromatic rings. The SMILES string of the molecule is O=C(OC[C@H]1O[C@@H](n2nncc2Cc2ccccc2)[C@H](OC(=O)c2ccccc2)[C@@H]1OC(=O)c1ccccc1)c1ccccc1. The number of benzene rings is 4. The molecule has 0 amide bonds. The van der Waals surface area contributed by atoms with E-state index in [1.807, 2.05) is 30.3 Å². The van der Waals surface area contributed by atoms with E-state index >= 15 is 0 Å². The minimum Gasteiger partial charge on any atom is -0.459 e. The van der Waals surface area contributed by atoms with E-state index in [9.17, 15) is 14.4 Å². The fourth-order valence-electron chi connectivity index (χ4n) is 5.06. The number of esters is 3. The second kappa shape index (κ2) is 13.8. The van der Waals surface area contributed by atoms with Crippen LogP contribution in [0.25, 0.3) is 0 Å². The van der Waals surface area contributed by atoms with Gasteiger partial charge in [0, 0.05) is 6.42 Å². The number of aromatic nitrogens is 3. The monoisotopic (exact) mass is 603 g/mol. The van der Waals surface area contributed by atoms with Gasteiger partial charge < -0.3 is 18.9 Å². The van der Waals surface area contributed by atoms with Crippen LogP contribution in [0.4, 0.5) is 0 Å². The summed E-state index contributed by atoms with van der Waals surface area (Å²) in [6.07, 6.45) is -2.38. The highest BCUT2D eigenvalue weighted by molar-refractivity contribution is 5.91. The fourth-order valence-corrected chi connectivity index (χ4v) is 5.06. The third kappa shape index (κ3) is 6.97. The molecule has 0 bridgehead atoms. The summed E-state index contributed by atoms with van der Waals surface area (Å²) in [6.45, 7) is -0.293. The Hall–Kier alpha value is -5.61. The van der Waals surface area contributed by atoms with E-state index in [0.717, 1.165) is 5.56 Å². The van der Waals surface area contributed by atoms with Crippen LogP contribution in [-0.2, 0) is 25.4 Å². The zero-order chi connectivity index (χ0) is 31.0. The van der Waals surface area contributed by atoms with Crippen LogP contribution in [-0.4, -0.2) is 57.8 Å². The second-order valence-corrected chi connectivity index (χ2v) is 10.3. The van der Waals surface area contributed by atoms with Gasteiger partial charge >= 0.3 is 17.9 Å². The van der Waals surface area contributed by atoms with Gasteiger partial charge in [0.25, 0.3) is 0 Å². The van der Waals surface area contributed by atoms with Gasteiger partial charge in [-0.2, -0.15) is 0 Å². The molecular weight excluding hydrogens is 574 g/mol. The maximum absolute atomic E-state index is 13.4. The number of hydrogen-bond donors (Lipinski definition) is 0. The first-order valence-electron chi connectivity index (χ1n) is 14.4. The summed E-state index contributed by atoms with van der Waals surface area (Å²) in [5, 5.41) is 8.38. The molecule has 0 saturated carbocycles. The van der Waals surface area contributed by atoms with Crippen LogP contribution in [0.1, 0.15) is 48.6 Å². The van der Waals surface area contributed by atoms with Crippen molar-refractivity contribution in [3.8, 4) is 0 Å². The van der Waals surface area contributed by atoms with Crippen LogP contribution in [0.2, 0.25) is 0 Å². The molecule has 0 N–H and O–H groups in total. The molecule has 1 saturated heterocycles. The highest BCUT2D eigenvalue weighted by Gasteiger charge is 2.52. The lowest BCUT2D eigenvalue weighted by Gasteiger charge is -2.25. The van der Waals surface area contributed by atoms with E-state index in [1.165, 1.54) is 4.68 Å². The van der Waals surface area contributed by atoms with Gasteiger partial charge in [0.05, 0.1) is 28.6 Å². The predicted octanol–water partition coefficient (Wildman–Crippen LogP) is 5.07. The predicted molar refractivity (Wildman–Crippen MR) is 161 cm³/mol. The van der Waals surface area contributed by atoms with Crippen LogP contribution < -0.4 is 0 Å². The molecule has 0 aliphatic carbocycles. The molecule has 0 unspecified atom stereocenters. The average Bonchev–Trinajstić information content (AvgIpc) is 3.68. The van der Waals surface area contributed by atoms with Crippen LogP contribution in [0.5, 0.6) is 0 Å². The van der Waals surface area contributed by atoms with Crippen molar-refractivity contribution >= 4 is 17.9 Å². The van der Waals surface area contributed by atoms with E-state index in [-0.39, 0.29) is 6.61 Å². The highest BCUT2D eigenvalue weighted by Crippen LogP contribution is 2.36. The van der Waals surface area contributed by atoms with Gasteiger partial charge in [-0.05, 0) is 42.0 Å². The van der Waals surface area contributed by atoms with Crippen molar-refractivity contribution in [3.05, 3.63) is 155 Å². The van der Waals surface area contributed by atoms with Gasteiger partial charge in [-0.15, -0.1) is 5.10 Å². The zero-order valence-electron chi connectivity index (χ0n) is 24.0. The maximum Gasteiger partial charge on any atom is 0.338 e. The van der Waals surface area contributed by atoms with Crippen molar-refractivity contribution in [1.29, 1.82) is 0 Å². The minimum atomic E-state index is -1.18. The quantitative estimate of drug-likeness (QED) is 0.159. The third-order valence-corrected chi connectivity index (χ3v) is 7.30. The average molecular weight is 604 g/mol. The molecule has 1 fully saturated rings. The lowest BCUT2D eigenvalue weighted by Crippen LogP contribution is -2.41. The molecule has 1 aliphatic rings. The Morgan fingerprint density at radius 2 is 1.13 bits per heavy atom. The minimum absolute atomic E-state index is 0.291. The molecule has 1 aliphatic heterocycles. The van der Waals surface area contributed by atoms with E-state index in [1.54, 1.807) is 97.2 Å². The molecule has 0 radical (unpaired) electrons. The molecule has 226 valence electrons. The van der Waals surface area contributed by atoms with Crippen LogP contribution >= 0.6 is 0 Å². The van der Waals surface area contributed by atoms with E-state index in [4.69, 9.17) is 18.9 Å². The summed E-state index contributed by atoms with van der Waals surface area (Å²) in [7, 11) is 0. The van der Waals surface area contributed by atoms with Gasteiger partial charge in [-0.3, -0.25) is 0 Å². The van der Waals surface area contributed by atoms with E-state index in [0.29, 0.717) is 28.8 Å². The Bertz CT molecular complexity index is 1730. The molecule has 4 atom stereocenters. The van der Waals surface area contributed by atoms with Gasteiger partial charge in [0.2, 0.25) is 0 Å². The maximum atomic E-state index is 13.4. The standard InChI is InChI=1S/C35H29N3O7/c39-33(25-15-7-2-8-16-25)42-23-29-30(44-34(40)26-17-9-3-10-18-26)31(45-35(41)27-19-11-4-12-20-27)32(43-29)38-28(22-36-37-38)21-24-13-5-1-6-14-24/h1-20,22,29-32H,21,23H2/t29-,30-,31-,32-/m1/s1. The summed E-state index contributed by atoms with van der Waals surface area (Å²) >= 11 is 0. The number of hydrogen-bond acceptors (Lipinski definition) is 9. The third-order valence-electron chi connectivity index (χ3n) is 7.30. The van der Waals surface area contributed by atoms with Crippen molar-refractivity contribution < 1.29 is 33.3 Å². The summed E-state index contributed by atoms with van der Waals surface area (Å²) in [4.78, 5) is 39.6. The Morgan fingerprint density at radius 1 is 0.644 bits per heavy atom. The van der Waals surface area contributed by atoms with Crippen molar-refractivity contribution in [3.63, 3.8) is 0 Å². The summed E-state index contributed by atoms with van der Waals surface area (Å²) < 4.78 is 25.6. The Morgan fingerprint density at radius 3 is 1.69 bits per heavy atom. The van der Waals surface area contributed by atoms with Crippen molar-refractivity contribution in [2.24, 2.45) is 0 Å². The first-order valence-corrected chi connectivity index (χ1v) is 14.4. The first kappa shape index (κ1) is 29.5. The smallest absolute Gasteiger partial charge is 0.338 e. The summed E-state index contributed by atoms with van der Waals surface area (Å²) in [5.74, 6) is -1.89. The lowest BCUT2D eigenvalue weighted by molar-refractivity contribution is -0.0688. The number of nitrogens with zero attached hydrogens (tertiary/aromatic N) is 3. The Labute approximate surface area is 259 Å². The second-order valence-electron chi connectivity index (χ2n) is 10.3. The van der Waals surface area contributed by atoms with Crippen LogP contribution in [0.15, 0.2) is 128 Å². The van der Waals surface area contributed by atoms with Gasteiger partial charge in [-0.1, -0.05) is 90.1 Å². The molecule has 0 spiro atoms. The van der Waals surface area contributed by atoms with Gasteiger partial charge in [0.15, 0.2) is 18.4 Å². The molecular formula is C35H29N3O7. The number of carbonyl (C=O) groups excluding carboxylic acids is 3. The molecule has 45 heavy (non-hydrogen) atoms. The molecule has 1 aromatic heterocycles. The highest BCUT2D eigenvalue weighted by atomic mass is 16.7. The number of rotatable bonds is 10. The lowest BCUT2D eigenvalue weighted by atomic mass is 10.1. The normalized spacial score (nSPS) is 19.0. The number of carbonyl (C=O) groups is 3. The Kier molecular flexibility index (Phi) is 9.03. The molecule has 2 heterocycles. The van der Waals surface area contributed by atoms with Crippen molar-refractivity contribution in [2.45, 2.75) is 31.0 Å². The van der Waals surface area contributed by atoms with Crippen molar-refractivity contribution in [2.75, 3.05) is 6.61 Å². The molecule has 10 heteroatoms. The van der Waals surface area contributed by atoms with Crippen molar-refractivity contribution in [1.82, 2.24) is 15.0 Å². The largest absolute Gasteiger partial charge is 0.459 e. The van der Waals surface area contributed by atoms with Crippen LogP contribution in [0, 0.1) is 0 Å². The van der Waals surface area contributed by atoms with E-state index in [2.05, 4.69) is 10.3 Å². The first-order chi connectivity index (χ1) is 22.1. The summed E-state index contributed by atoms with van der Waals surface area (Å²) in [5.41, 5.74) is 2.60. The van der Waals surface area contributed by atoms with Crippen LogP contribution in [0.3, 0.4) is 0 Å². The zero-order valence-corrected chi connectivity index (χ0v) is 24.0. The Balaban J connectivity index is 1.34. The van der Waals surface area contributed by atoms with Gasteiger partial charge in [-0.25, -0.2) is 19.1 Å². The molecule has 6 rings (SSSR count).